The molecule has 1 aromatic heterocycles. The number of aromatic hydroxyl groups is 1. The molecule has 0 saturated carbocycles. The summed E-state index contributed by atoms with van der Waals surface area (Å²) in [6.45, 7) is 0.705. The first kappa shape index (κ1) is 11.8. The summed E-state index contributed by atoms with van der Waals surface area (Å²) in [6.07, 6.45) is 0. The van der Waals surface area contributed by atoms with Crippen molar-refractivity contribution in [1.82, 2.24) is 4.57 Å². The second kappa shape index (κ2) is 4.78. The highest BCUT2D eigenvalue weighted by Crippen LogP contribution is 2.22. The van der Waals surface area contributed by atoms with E-state index in [0.717, 1.165) is 22.2 Å². The number of aliphatic hydroxyl groups is 1. The smallest absolute Gasteiger partial charge is 0.115 e. The maximum atomic E-state index is 9.48. The highest BCUT2D eigenvalue weighted by molar-refractivity contribution is 5.81. The molecule has 0 aliphatic rings. The molecule has 0 spiro atoms. The van der Waals surface area contributed by atoms with Crippen LogP contribution in [0.2, 0.25) is 0 Å². The van der Waals surface area contributed by atoms with Gasteiger partial charge in [0, 0.05) is 17.8 Å². The van der Waals surface area contributed by atoms with Gasteiger partial charge in [-0.15, -0.1) is 0 Å². The van der Waals surface area contributed by atoms with Crippen LogP contribution in [0.25, 0.3) is 10.9 Å². The van der Waals surface area contributed by atoms with E-state index in [1.165, 1.54) is 0 Å². The minimum Gasteiger partial charge on any atom is -0.508 e. The highest BCUT2D eigenvalue weighted by Gasteiger charge is 2.08. The monoisotopic (exact) mass is 253 g/mol. The Kier molecular flexibility index (Phi) is 2.97. The molecule has 2 aromatic carbocycles. The molecular weight excluding hydrogens is 238 g/mol. The molecule has 0 unspecified atom stereocenters. The fourth-order valence-corrected chi connectivity index (χ4v) is 2.37. The van der Waals surface area contributed by atoms with E-state index < -0.39 is 0 Å². The first-order valence-electron chi connectivity index (χ1n) is 6.24. The second-order valence-electron chi connectivity index (χ2n) is 4.61. The average Bonchev–Trinajstić information content (AvgIpc) is 2.79. The zero-order chi connectivity index (χ0) is 13.2. The third kappa shape index (κ3) is 2.20. The number of phenols is 1. The fraction of sp³-hybridized carbons (Fsp3) is 0.125. The van der Waals surface area contributed by atoms with Gasteiger partial charge in [0.2, 0.25) is 0 Å². The Morgan fingerprint density at radius 1 is 0.947 bits per heavy atom. The minimum absolute atomic E-state index is 0.0206. The van der Waals surface area contributed by atoms with Gasteiger partial charge in [-0.2, -0.15) is 0 Å². The summed E-state index contributed by atoms with van der Waals surface area (Å²) in [4.78, 5) is 0. The molecule has 3 nitrogen and oxygen atoms in total. The van der Waals surface area contributed by atoms with E-state index in [1.807, 2.05) is 36.4 Å². The van der Waals surface area contributed by atoms with Crippen molar-refractivity contribution in [1.29, 1.82) is 0 Å². The molecule has 3 aromatic rings. The van der Waals surface area contributed by atoms with Crippen molar-refractivity contribution in [3.8, 4) is 5.75 Å². The number of aliphatic hydroxyl groups excluding tert-OH is 1. The lowest BCUT2D eigenvalue weighted by Gasteiger charge is -2.09. The quantitative estimate of drug-likeness (QED) is 0.754. The predicted molar refractivity (Wildman–Crippen MR) is 75.1 cm³/mol. The molecule has 0 bridgehead atoms. The van der Waals surface area contributed by atoms with Crippen LogP contribution in [0.1, 0.15) is 11.3 Å². The summed E-state index contributed by atoms with van der Waals surface area (Å²) in [7, 11) is 0. The summed E-state index contributed by atoms with van der Waals surface area (Å²) in [6, 6.07) is 17.2. The van der Waals surface area contributed by atoms with E-state index in [0.29, 0.717) is 6.54 Å². The number of phenolic OH excluding ortho intramolecular Hbond substituents is 1. The topological polar surface area (TPSA) is 45.4 Å². The zero-order valence-electron chi connectivity index (χ0n) is 10.5. The Hall–Kier alpha value is -2.26. The number of para-hydroxylation sites is 1. The molecule has 2 N–H and O–H groups in total. The van der Waals surface area contributed by atoms with E-state index in [2.05, 4.69) is 10.6 Å². The van der Waals surface area contributed by atoms with Crippen LogP contribution in [0.3, 0.4) is 0 Å². The van der Waals surface area contributed by atoms with Crippen LogP contribution in [0.4, 0.5) is 0 Å². The molecule has 3 rings (SSSR count). The normalized spacial score (nSPS) is 11.0. The van der Waals surface area contributed by atoms with E-state index in [-0.39, 0.29) is 12.4 Å². The second-order valence-corrected chi connectivity index (χ2v) is 4.61. The van der Waals surface area contributed by atoms with Crippen LogP contribution in [0.5, 0.6) is 5.75 Å². The van der Waals surface area contributed by atoms with E-state index in [1.54, 1.807) is 12.1 Å². The van der Waals surface area contributed by atoms with Crippen molar-refractivity contribution in [2.75, 3.05) is 0 Å². The Morgan fingerprint density at radius 3 is 2.42 bits per heavy atom. The molecule has 3 heteroatoms. The molecule has 0 radical (unpaired) electrons. The predicted octanol–water partition coefficient (Wildman–Crippen LogP) is 2.89. The van der Waals surface area contributed by atoms with Crippen molar-refractivity contribution in [3.05, 3.63) is 65.9 Å². The molecule has 0 fully saturated rings. The summed E-state index contributed by atoms with van der Waals surface area (Å²) < 4.78 is 2.10. The van der Waals surface area contributed by atoms with Gasteiger partial charge < -0.3 is 14.8 Å². The first-order chi connectivity index (χ1) is 9.28. The highest BCUT2D eigenvalue weighted by atomic mass is 16.3. The third-order valence-corrected chi connectivity index (χ3v) is 3.34. The lowest BCUT2D eigenvalue weighted by molar-refractivity contribution is 0.272. The molecular formula is C16H15NO2. The molecule has 19 heavy (non-hydrogen) atoms. The van der Waals surface area contributed by atoms with Crippen LogP contribution in [0.15, 0.2) is 54.6 Å². The van der Waals surface area contributed by atoms with Crippen LogP contribution < -0.4 is 0 Å². The summed E-state index contributed by atoms with van der Waals surface area (Å²) >= 11 is 0. The van der Waals surface area contributed by atoms with Gasteiger partial charge in [0.15, 0.2) is 0 Å². The van der Waals surface area contributed by atoms with Crippen molar-refractivity contribution in [2.24, 2.45) is 0 Å². The average molecular weight is 253 g/mol. The van der Waals surface area contributed by atoms with E-state index >= 15 is 0 Å². The maximum absolute atomic E-state index is 9.48. The number of hydrogen-bond acceptors (Lipinski definition) is 2. The van der Waals surface area contributed by atoms with Crippen molar-refractivity contribution in [3.63, 3.8) is 0 Å². The van der Waals surface area contributed by atoms with Crippen LogP contribution in [0, 0.1) is 0 Å². The SMILES string of the molecule is OCc1cc2ccccc2n1Cc1ccc(O)cc1. The van der Waals surface area contributed by atoms with Crippen LogP contribution in [-0.4, -0.2) is 14.8 Å². The Morgan fingerprint density at radius 2 is 1.68 bits per heavy atom. The van der Waals surface area contributed by atoms with Gasteiger partial charge in [-0.3, -0.25) is 0 Å². The number of aromatic nitrogens is 1. The van der Waals surface area contributed by atoms with Crippen molar-refractivity contribution in [2.45, 2.75) is 13.2 Å². The Balaban J connectivity index is 2.06. The summed E-state index contributed by atoms with van der Waals surface area (Å²) in [5.41, 5.74) is 3.10. The number of nitrogens with zero attached hydrogens (tertiary/aromatic N) is 1. The fourth-order valence-electron chi connectivity index (χ4n) is 2.37. The first-order valence-corrected chi connectivity index (χ1v) is 6.24. The van der Waals surface area contributed by atoms with Gasteiger partial charge in [0.25, 0.3) is 0 Å². The van der Waals surface area contributed by atoms with Gasteiger partial charge in [0.05, 0.1) is 6.61 Å². The molecule has 0 saturated heterocycles. The number of benzene rings is 2. The van der Waals surface area contributed by atoms with Crippen molar-refractivity contribution < 1.29 is 10.2 Å². The molecule has 0 aliphatic heterocycles. The number of fused-ring (bicyclic) bond motifs is 1. The Labute approximate surface area is 111 Å². The van der Waals surface area contributed by atoms with Gasteiger partial charge in [-0.1, -0.05) is 30.3 Å². The molecule has 0 aliphatic carbocycles. The lowest BCUT2D eigenvalue weighted by Crippen LogP contribution is -2.03. The molecule has 0 atom stereocenters. The van der Waals surface area contributed by atoms with Gasteiger partial charge in [-0.25, -0.2) is 0 Å². The van der Waals surface area contributed by atoms with Gasteiger partial charge >= 0.3 is 0 Å². The number of rotatable bonds is 3. The third-order valence-electron chi connectivity index (χ3n) is 3.34. The Bertz CT molecular complexity index is 698. The summed E-state index contributed by atoms with van der Waals surface area (Å²) in [5, 5.41) is 19.9. The van der Waals surface area contributed by atoms with Gasteiger partial charge in [-0.05, 0) is 35.2 Å². The van der Waals surface area contributed by atoms with E-state index in [9.17, 15) is 10.2 Å². The minimum atomic E-state index is 0.0206. The van der Waals surface area contributed by atoms with Crippen LogP contribution in [-0.2, 0) is 13.2 Å². The molecule has 96 valence electrons. The summed E-state index contributed by atoms with van der Waals surface area (Å²) in [5.74, 6) is 0.267. The standard InChI is InChI=1S/C16H15NO2/c18-11-14-9-13-3-1-2-4-16(13)17(14)10-12-5-7-15(19)8-6-12/h1-9,18-19H,10-11H2. The molecule has 1 heterocycles. The van der Waals surface area contributed by atoms with E-state index in [4.69, 9.17) is 0 Å². The zero-order valence-corrected chi connectivity index (χ0v) is 10.5. The lowest BCUT2D eigenvalue weighted by atomic mass is 10.2. The van der Waals surface area contributed by atoms with Crippen molar-refractivity contribution >= 4 is 10.9 Å². The number of hydrogen-bond donors (Lipinski definition) is 2. The molecule has 0 amide bonds. The van der Waals surface area contributed by atoms with Crippen LogP contribution >= 0.6 is 0 Å². The van der Waals surface area contributed by atoms with Gasteiger partial charge in [0.1, 0.15) is 5.75 Å². The largest absolute Gasteiger partial charge is 0.508 e. The maximum Gasteiger partial charge on any atom is 0.115 e.